The maximum Gasteiger partial charge on any atom is 0.321 e. The van der Waals surface area contributed by atoms with Crippen LogP contribution in [0, 0.1) is 11.6 Å². The van der Waals surface area contributed by atoms with Crippen LogP contribution in [-0.2, 0) is 0 Å². The van der Waals surface area contributed by atoms with Crippen molar-refractivity contribution in [2.75, 3.05) is 32.5 Å². The van der Waals surface area contributed by atoms with Crippen molar-refractivity contribution in [3.8, 4) is 0 Å². The normalized spacial score (nSPS) is 19.2. The molecule has 0 radical (unpaired) electrons. The molecular weight excluding hydrogens is 264 g/mol. The third-order valence-corrected chi connectivity index (χ3v) is 3.59. The predicted molar refractivity (Wildman–Crippen MR) is 73.7 cm³/mol. The fraction of sp³-hybridized carbons (Fsp3) is 0.500. The van der Waals surface area contributed by atoms with Gasteiger partial charge in [-0.3, -0.25) is 0 Å². The van der Waals surface area contributed by atoms with Gasteiger partial charge in [-0.05, 0) is 39.1 Å². The highest BCUT2D eigenvalue weighted by Crippen LogP contribution is 2.18. The average molecular weight is 283 g/mol. The molecule has 0 unspecified atom stereocenters. The quantitative estimate of drug-likeness (QED) is 0.905. The van der Waals surface area contributed by atoms with Crippen LogP contribution >= 0.6 is 0 Å². The van der Waals surface area contributed by atoms with Gasteiger partial charge in [-0.15, -0.1) is 0 Å². The number of nitrogens with zero attached hydrogens (tertiary/aromatic N) is 2. The van der Waals surface area contributed by atoms with Gasteiger partial charge < -0.3 is 15.1 Å². The van der Waals surface area contributed by atoms with E-state index in [2.05, 4.69) is 10.2 Å². The first-order valence-electron chi connectivity index (χ1n) is 6.65. The molecule has 0 spiro atoms. The molecule has 1 aromatic carbocycles. The highest BCUT2D eigenvalue weighted by atomic mass is 19.1. The van der Waals surface area contributed by atoms with Crippen molar-refractivity contribution < 1.29 is 13.6 Å². The zero-order valence-electron chi connectivity index (χ0n) is 11.7. The highest BCUT2D eigenvalue weighted by molar-refractivity contribution is 5.89. The van der Waals surface area contributed by atoms with E-state index in [1.165, 1.54) is 6.07 Å². The summed E-state index contributed by atoms with van der Waals surface area (Å²) in [6.07, 6.45) is 1.96. The third kappa shape index (κ3) is 3.45. The maximum atomic E-state index is 13.5. The van der Waals surface area contributed by atoms with E-state index >= 15 is 0 Å². The number of halogens is 2. The van der Waals surface area contributed by atoms with Crippen LogP contribution < -0.4 is 5.32 Å². The number of amides is 2. The van der Waals surface area contributed by atoms with Crippen LogP contribution in [0.1, 0.15) is 12.8 Å². The number of likely N-dealkylation sites (tertiary alicyclic amines) is 1. The monoisotopic (exact) mass is 283 g/mol. The Morgan fingerprint density at radius 2 is 2.15 bits per heavy atom. The standard InChI is InChI=1S/C14H19F2N3O/c1-18(2)11-4-3-7-19(9-11)14(20)17-13-6-5-10(15)8-12(13)16/h5-6,8,11H,3-4,7,9H2,1-2H3,(H,17,20)/t11-/m1/s1. The Morgan fingerprint density at radius 3 is 2.80 bits per heavy atom. The maximum absolute atomic E-state index is 13.5. The van der Waals surface area contributed by atoms with E-state index < -0.39 is 11.6 Å². The zero-order chi connectivity index (χ0) is 14.7. The molecule has 1 aromatic rings. The van der Waals surface area contributed by atoms with Crippen molar-refractivity contribution in [3.05, 3.63) is 29.8 Å². The number of carbonyl (C=O) groups excluding carboxylic acids is 1. The lowest BCUT2D eigenvalue weighted by Gasteiger charge is -2.36. The summed E-state index contributed by atoms with van der Waals surface area (Å²) in [6.45, 7) is 1.26. The predicted octanol–water partition coefficient (Wildman–Crippen LogP) is 2.52. The van der Waals surface area contributed by atoms with Gasteiger partial charge >= 0.3 is 6.03 Å². The number of anilines is 1. The minimum absolute atomic E-state index is 0.00313. The average Bonchev–Trinajstić information content (AvgIpc) is 2.42. The summed E-state index contributed by atoms with van der Waals surface area (Å²) >= 11 is 0. The van der Waals surface area contributed by atoms with E-state index in [0.717, 1.165) is 25.0 Å². The Hall–Kier alpha value is -1.69. The molecule has 0 aliphatic carbocycles. The molecule has 1 saturated heterocycles. The summed E-state index contributed by atoms with van der Waals surface area (Å²) < 4.78 is 26.3. The van der Waals surface area contributed by atoms with Gasteiger partial charge in [0.25, 0.3) is 0 Å². The molecule has 2 rings (SSSR count). The molecule has 1 atom stereocenters. The number of nitrogens with one attached hydrogen (secondary N) is 1. The number of hydrogen-bond acceptors (Lipinski definition) is 2. The second-order valence-corrected chi connectivity index (χ2v) is 5.26. The van der Waals surface area contributed by atoms with Crippen molar-refractivity contribution in [1.82, 2.24) is 9.80 Å². The van der Waals surface area contributed by atoms with Crippen molar-refractivity contribution >= 4 is 11.7 Å². The van der Waals surface area contributed by atoms with Crippen LogP contribution in [0.4, 0.5) is 19.3 Å². The molecular formula is C14H19F2N3O. The fourth-order valence-electron chi connectivity index (χ4n) is 2.35. The second-order valence-electron chi connectivity index (χ2n) is 5.26. The first-order valence-corrected chi connectivity index (χ1v) is 6.65. The fourth-order valence-corrected chi connectivity index (χ4v) is 2.35. The van der Waals surface area contributed by atoms with E-state index in [-0.39, 0.29) is 11.7 Å². The van der Waals surface area contributed by atoms with Gasteiger partial charge in [0.1, 0.15) is 11.6 Å². The van der Waals surface area contributed by atoms with Gasteiger partial charge in [-0.25, -0.2) is 13.6 Å². The summed E-state index contributed by atoms with van der Waals surface area (Å²) in [5.74, 6) is -1.43. The smallest absolute Gasteiger partial charge is 0.321 e. The summed E-state index contributed by atoms with van der Waals surface area (Å²) in [7, 11) is 3.96. The van der Waals surface area contributed by atoms with Gasteiger partial charge in [-0.2, -0.15) is 0 Å². The molecule has 110 valence electrons. The molecule has 6 heteroatoms. The Kier molecular flexibility index (Phi) is 4.54. The van der Waals surface area contributed by atoms with E-state index in [4.69, 9.17) is 0 Å². The van der Waals surface area contributed by atoms with Crippen LogP contribution in [0.15, 0.2) is 18.2 Å². The third-order valence-electron chi connectivity index (χ3n) is 3.59. The molecule has 1 aliphatic rings. The van der Waals surface area contributed by atoms with E-state index in [0.29, 0.717) is 19.1 Å². The van der Waals surface area contributed by atoms with Gasteiger partial charge in [0.15, 0.2) is 0 Å². The highest BCUT2D eigenvalue weighted by Gasteiger charge is 2.25. The molecule has 1 heterocycles. The van der Waals surface area contributed by atoms with Gasteiger partial charge in [0.05, 0.1) is 5.69 Å². The van der Waals surface area contributed by atoms with Crippen LogP contribution in [-0.4, -0.2) is 49.1 Å². The van der Waals surface area contributed by atoms with Crippen molar-refractivity contribution in [2.24, 2.45) is 0 Å². The second kappa shape index (κ2) is 6.17. The van der Waals surface area contributed by atoms with Crippen LogP contribution in [0.5, 0.6) is 0 Å². The number of carbonyl (C=O) groups is 1. The molecule has 2 amide bonds. The number of benzene rings is 1. The first kappa shape index (κ1) is 14.7. The van der Waals surface area contributed by atoms with Gasteiger partial charge in [0, 0.05) is 25.2 Å². The van der Waals surface area contributed by atoms with Gasteiger partial charge in [0.2, 0.25) is 0 Å². The van der Waals surface area contributed by atoms with Crippen molar-refractivity contribution in [3.63, 3.8) is 0 Å². The number of urea groups is 1. The molecule has 0 aromatic heterocycles. The Morgan fingerprint density at radius 1 is 1.40 bits per heavy atom. The molecule has 20 heavy (non-hydrogen) atoms. The summed E-state index contributed by atoms with van der Waals surface area (Å²) in [4.78, 5) is 15.9. The molecule has 1 N–H and O–H groups in total. The zero-order valence-corrected chi connectivity index (χ0v) is 11.7. The largest absolute Gasteiger partial charge is 0.323 e. The first-order chi connectivity index (χ1) is 9.47. The van der Waals surface area contributed by atoms with E-state index in [1.807, 2.05) is 14.1 Å². The number of hydrogen-bond donors (Lipinski definition) is 1. The molecule has 1 aliphatic heterocycles. The Balaban J connectivity index is 2.00. The number of likely N-dealkylation sites (N-methyl/N-ethyl adjacent to an activating group) is 1. The molecule has 4 nitrogen and oxygen atoms in total. The van der Waals surface area contributed by atoms with Crippen molar-refractivity contribution in [1.29, 1.82) is 0 Å². The molecule has 0 bridgehead atoms. The molecule has 0 saturated carbocycles. The van der Waals surface area contributed by atoms with E-state index in [9.17, 15) is 13.6 Å². The lowest BCUT2D eigenvalue weighted by atomic mass is 10.1. The van der Waals surface area contributed by atoms with Gasteiger partial charge in [-0.1, -0.05) is 0 Å². The number of piperidine rings is 1. The molecule has 1 fully saturated rings. The van der Waals surface area contributed by atoms with Crippen LogP contribution in [0.3, 0.4) is 0 Å². The SMILES string of the molecule is CN(C)[C@@H]1CCCN(C(=O)Nc2ccc(F)cc2F)C1. The van der Waals surface area contributed by atoms with E-state index in [1.54, 1.807) is 4.90 Å². The van der Waals surface area contributed by atoms with Crippen LogP contribution in [0.2, 0.25) is 0 Å². The van der Waals surface area contributed by atoms with Crippen molar-refractivity contribution in [2.45, 2.75) is 18.9 Å². The minimum Gasteiger partial charge on any atom is -0.323 e. The summed E-state index contributed by atoms with van der Waals surface area (Å²) in [6, 6.07) is 3.08. The Labute approximate surface area is 117 Å². The Bertz CT molecular complexity index is 493. The topological polar surface area (TPSA) is 35.6 Å². The number of rotatable bonds is 2. The minimum atomic E-state index is -0.764. The lowest BCUT2D eigenvalue weighted by Crippen LogP contribution is -2.48. The summed E-state index contributed by atoms with van der Waals surface area (Å²) in [5, 5.41) is 2.49. The lowest BCUT2D eigenvalue weighted by molar-refractivity contribution is 0.148. The van der Waals surface area contributed by atoms with Crippen LogP contribution in [0.25, 0.3) is 0 Å². The summed E-state index contributed by atoms with van der Waals surface area (Å²) in [5.41, 5.74) is 0.00313.